The Bertz CT molecular complexity index is 694. The van der Waals surface area contributed by atoms with E-state index in [4.69, 9.17) is 11.6 Å². The van der Waals surface area contributed by atoms with E-state index in [0.717, 1.165) is 6.92 Å². The van der Waals surface area contributed by atoms with Crippen LogP contribution in [0.3, 0.4) is 0 Å². The van der Waals surface area contributed by atoms with Crippen LogP contribution in [0.4, 0.5) is 30.7 Å². The van der Waals surface area contributed by atoms with Gasteiger partial charge in [0, 0.05) is 16.8 Å². The minimum Gasteiger partial charge on any atom is -0.280 e. The number of nitrogens with zero attached hydrogens (tertiary/aromatic N) is 1. The number of benzene rings is 1. The average molecular weight is 452 g/mol. The van der Waals surface area contributed by atoms with Gasteiger partial charge in [0.2, 0.25) is 0 Å². The van der Waals surface area contributed by atoms with Crippen LogP contribution in [0, 0.1) is 6.92 Å². The monoisotopic (exact) mass is 451 g/mol. The highest BCUT2D eigenvalue weighted by Crippen LogP contribution is 2.39. The number of aliphatic imine (C=N–C) groups is 1. The lowest BCUT2D eigenvalue weighted by Crippen LogP contribution is -2.39. The summed E-state index contributed by atoms with van der Waals surface area (Å²) in [5, 5.41) is 0.119. The van der Waals surface area contributed by atoms with Crippen LogP contribution in [0.2, 0.25) is 5.02 Å². The second-order valence-corrected chi connectivity index (χ2v) is 7.32. The molecule has 0 saturated carbocycles. The quantitative estimate of drug-likeness (QED) is 0.186. The summed E-state index contributed by atoms with van der Waals surface area (Å²) in [6.45, 7) is 7.30. The fourth-order valence-corrected chi connectivity index (χ4v) is 2.94. The van der Waals surface area contributed by atoms with Crippen molar-refractivity contribution in [1.82, 2.24) is 0 Å². The number of thioether (sulfide) groups is 1. The third-order valence-electron chi connectivity index (χ3n) is 3.29. The van der Waals surface area contributed by atoms with Gasteiger partial charge in [0.1, 0.15) is 5.71 Å². The summed E-state index contributed by atoms with van der Waals surface area (Å²) < 4.78 is 89.8. The zero-order valence-corrected chi connectivity index (χ0v) is 17.3. The number of rotatable bonds is 6. The molecule has 160 valence electrons. The molecular weight excluding hydrogens is 431 g/mol. The van der Waals surface area contributed by atoms with Crippen LogP contribution in [0.1, 0.15) is 31.9 Å². The lowest BCUT2D eigenvalue weighted by molar-refractivity contribution is -0.182. The third-order valence-corrected chi connectivity index (χ3v) is 4.90. The third kappa shape index (κ3) is 8.43. The zero-order chi connectivity index (χ0) is 22.3. The molecule has 10 heteroatoms. The Morgan fingerprint density at radius 3 is 2.11 bits per heavy atom. The maximum atomic E-state index is 13.4. The highest BCUT2D eigenvalue weighted by molar-refractivity contribution is 7.99. The molecule has 28 heavy (non-hydrogen) atoms. The van der Waals surface area contributed by atoms with Gasteiger partial charge in [-0.15, -0.1) is 18.3 Å². The predicted molar refractivity (Wildman–Crippen MR) is 101 cm³/mol. The number of allylic oxidation sites excluding steroid dienone is 1. The molecule has 0 radical (unpaired) electrons. The molecule has 0 heterocycles. The largest absolute Gasteiger partial charge is 0.428 e. The molecule has 0 amide bonds. The molecule has 0 aliphatic rings. The minimum absolute atomic E-state index is 0.119. The normalized spacial score (nSPS) is 13.1. The van der Waals surface area contributed by atoms with E-state index in [-0.39, 0.29) is 22.4 Å². The molecule has 0 aliphatic carbocycles. The highest BCUT2D eigenvalue weighted by Gasteiger charge is 2.51. The van der Waals surface area contributed by atoms with Gasteiger partial charge in [-0.3, -0.25) is 4.99 Å². The fourth-order valence-electron chi connectivity index (χ4n) is 1.56. The molecule has 0 atom stereocenters. The van der Waals surface area contributed by atoms with E-state index in [2.05, 4.69) is 11.6 Å². The second-order valence-electron chi connectivity index (χ2n) is 5.90. The van der Waals surface area contributed by atoms with Crippen LogP contribution in [-0.4, -0.2) is 29.5 Å². The minimum atomic E-state index is -4.58. The van der Waals surface area contributed by atoms with E-state index >= 15 is 0 Å². The van der Waals surface area contributed by atoms with Crippen molar-refractivity contribution in [2.45, 2.75) is 57.2 Å². The van der Waals surface area contributed by atoms with E-state index < -0.39 is 36.0 Å². The van der Waals surface area contributed by atoms with Crippen molar-refractivity contribution in [3.05, 3.63) is 40.9 Å². The SMILES string of the molecule is C=CC.CC(=NCc1cc(SCC(F)(F)C(C)(F)F)c(C)cc1Cl)C(F)(F)F. The molecule has 1 aromatic carbocycles. The van der Waals surface area contributed by atoms with Crippen molar-refractivity contribution < 1.29 is 30.7 Å². The second kappa shape index (κ2) is 10.5. The van der Waals surface area contributed by atoms with Crippen molar-refractivity contribution >= 4 is 29.1 Å². The molecule has 1 rings (SSSR count). The molecule has 1 nitrogen and oxygen atoms in total. The lowest BCUT2D eigenvalue weighted by Gasteiger charge is -2.23. The van der Waals surface area contributed by atoms with Gasteiger partial charge in [-0.05, 0) is 44.0 Å². The number of hydrogen-bond donors (Lipinski definition) is 0. The molecular formula is C18H21ClF7NS. The van der Waals surface area contributed by atoms with Gasteiger partial charge in [-0.25, -0.2) is 8.78 Å². The van der Waals surface area contributed by atoms with Crippen molar-refractivity contribution in [2.75, 3.05) is 5.75 Å². The summed E-state index contributed by atoms with van der Waals surface area (Å²) in [6, 6.07) is 2.67. The van der Waals surface area contributed by atoms with Crippen LogP contribution < -0.4 is 0 Å². The Labute approximate surface area is 169 Å². The van der Waals surface area contributed by atoms with Crippen LogP contribution >= 0.6 is 23.4 Å². The van der Waals surface area contributed by atoms with Crippen molar-refractivity contribution in [3.63, 3.8) is 0 Å². The van der Waals surface area contributed by atoms with E-state index in [1.807, 2.05) is 6.92 Å². The molecule has 0 unspecified atom stereocenters. The Morgan fingerprint density at radius 1 is 1.18 bits per heavy atom. The first-order valence-electron chi connectivity index (χ1n) is 7.89. The van der Waals surface area contributed by atoms with Crippen LogP contribution in [0.15, 0.2) is 34.7 Å². The number of aryl methyl sites for hydroxylation is 1. The summed E-state index contributed by atoms with van der Waals surface area (Å²) in [4.78, 5) is 3.60. The van der Waals surface area contributed by atoms with Gasteiger partial charge in [0.15, 0.2) is 0 Å². The molecule has 1 aromatic rings. The molecule has 0 saturated heterocycles. The van der Waals surface area contributed by atoms with Gasteiger partial charge in [0.05, 0.1) is 12.3 Å². The number of alkyl halides is 7. The Kier molecular flexibility index (Phi) is 10.1. The molecule has 0 bridgehead atoms. The summed E-state index contributed by atoms with van der Waals surface area (Å²) >= 11 is 6.42. The average Bonchev–Trinajstić information content (AvgIpc) is 2.51. The first-order valence-corrected chi connectivity index (χ1v) is 9.26. The number of halogens is 8. The Morgan fingerprint density at radius 2 is 1.68 bits per heavy atom. The van der Waals surface area contributed by atoms with Gasteiger partial charge in [0.25, 0.3) is 0 Å². The zero-order valence-electron chi connectivity index (χ0n) is 15.7. The fraction of sp³-hybridized carbons (Fsp3) is 0.500. The maximum Gasteiger partial charge on any atom is 0.428 e. The van der Waals surface area contributed by atoms with Crippen LogP contribution in [0.25, 0.3) is 0 Å². The summed E-state index contributed by atoms with van der Waals surface area (Å²) in [6.07, 6.45) is -2.83. The summed E-state index contributed by atoms with van der Waals surface area (Å²) in [5.74, 6) is -9.59. The first-order chi connectivity index (χ1) is 12.6. The molecule has 0 N–H and O–H groups in total. The van der Waals surface area contributed by atoms with E-state index in [9.17, 15) is 30.7 Å². The summed E-state index contributed by atoms with van der Waals surface area (Å²) in [7, 11) is 0. The van der Waals surface area contributed by atoms with E-state index in [0.29, 0.717) is 17.3 Å². The highest BCUT2D eigenvalue weighted by atomic mass is 35.5. The molecule has 0 aromatic heterocycles. The molecule has 0 spiro atoms. The topological polar surface area (TPSA) is 12.4 Å². The van der Waals surface area contributed by atoms with Crippen LogP contribution in [0.5, 0.6) is 0 Å². The Balaban J connectivity index is 0.00000227. The van der Waals surface area contributed by atoms with Crippen molar-refractivity contribution in [3.8, 4) is 0 Å². The maximum absolute atomic E-state index is 13.4. The number of hydrogen-bond acceptors (Lipinski definition) is 2. The van der Waals surface area contributed by atoms with Crippen LogP contribution in [-0.2, 0) is 6.54 Å². The van der Waals surface area contributed by atoms with Crippen molar-refractivity contribution in [1.29, 1.82) is 0 Å². The van der Waals surface area contributed by atoms with Gasteiger partial charge in [-0.1, -0.05) is 17.7 Å². The van der Waals surface area contributed by atoms with Crippen molar-refractivity contribution in [2.24, 2.45) is 4.99 Å². The molecule has 0 aliphatic heterocycles. The summed E-state index contributed by atoms with van der Waals surface area (Å²) in [5.41, 5.74) is -0.425. The smallest absolute Gasteiger partial charge is 0.280 e. The van der Waals surface area contributed by atoms with E-state index in [1.165, 1.54) is 19.1 Å². The predicted octanol–water partition coefficient (Wildman–Crippen LogP) is 7.75. The first kappa shape index (κ1) is 26.8. The standard InChI is InChI=1S/C15H15ClF7NS.C3H6/c1-8-4-11(16)10(6-24-9(2)15(21,22)23)5-12(8)25-7-14(19,20)13(3,17)18;1-3-2/h4-5H,6-7H2,1-3H3;3H,1H2,2H3. The van der Waals surface area contributed by atoms with Gasteiger partial charge >= 0.3 is 18.0 Å². The molecule has 0 fully saturated rings. The van der Waals surface area contributed by atoms with Gasteiger partial charge in [-0.2, -0.15) is 22.0 Å². The Hall–Kier alpha value is -1.22. The van der Waals surface area contributed by atoms with E-state index in [1.54, 1.807) is 6.08 Å². The lowest BCUT2D eigenvalue weighted by atomic mass is 10.1. The van der Waals surface area contributed by atoms with Gasteiger partial charge < -0.3 is 0 Å².